The Balaban J connectivity index is 2.72. The molecule has 1 saturated heterocycles. The van der Waals surface area contributed by atoms with Crippen molar-refractivity contribution >= 4 is 13.6 Å². The lowest BCUT2D eigenvalue weighted by molar-refractivity contribution is -0.143. The van der Waals surface area contributed by atoms with Gasteiger partial charge in [0.05, 0.1) is 5.66 Å². The number of carboxylic acid groups (broad SMARTS) is 1. The normalized spacial score (nSPS) is 30.2. The standard InChI is InChI=1S/C7H14NO5P/c1-8-3-2-5(14(11,12)13)4-6(8)7(9)10/h5-6H,2-4H2,1H3,(H,9,10)(H2,11,12,13)/t5-,6-/m1/s1. The first-order valence-electron chi connectivity index (χ1n) is 4.30. The number of rotatable bonds is 2. The van der Waals surface area contributed by atoms with E-state index in [4.69, 9.17) is 14.9 Å². The van der Waals surface area contributed by atoms with E-state index >= 15 is 0 Å². The molecule has 0 aromatic rings. The molecule has 0 aliphatic carbocycles. The molecule has 3 N–H and O–H groups in total. The fraction of sp³-hybridized carbons (Fsp3) is 0.857. The molecule has 0 bridgehead atoms. The summed E-state index contributed by atoms with van der Waals surface area (Å²) in [6, 6.07) is -0.777. The summed E-state index contributed by atoms with van der Waals surface area (Å²) in [6.07, 6.45) is 0.376. The highest BCUT2D eigenvalue weighted by Gasteiger charge is 2.39. The lowest BCUT2D eigenvalue weighted by Gasteiger charge is -2.34. The van der Waals surface area contributed by atoms with E-state index in [1.165, 1.54) is 0 Å². The van der Waals surface area contributed by atoms with Crippen LogP contribution in [0.4, 0.5) is 0 Å². The second-order valence-corrected chi connectivity index (χ2v) is 5.51. The number of hydrogen-bond donors (Lipinski definition) is 3. The van der Waals surface area contributed by atoms with Gasteiger partial charge < -0.3 is 14.9 Å². The summed E-state index contributed by atoms with van der Waals surface area (Å²) in [5, 5.41) is 8.80. The quantitative estimate of drug-likeness (QED) is 0.556. The maximum absolute atomic E-state index is 10.9. The molecule has 1 rings (SSSR count). The van der Waals surface area contributed by atoms with Crippen LogP contribution in [0.2, 0.25) is 0 Å². The fourth-order valence-electron chi connectivity index (χ4n) is 1.66. The zero-order valence-corrected chi connectivity index (χ0v) is 8.72. The molecule has 1 fully saturated rings. The predicted molar refractivity (Wildman–Crippen MR) is 49.1 cm³/mol. The Bertz CT molecular complexity index is 275. The van der Waals surface area contributed by atoms with E-state index in [1.807, 2.05) is 0 Å². The van der Waals surface area contributed by atoms with Crippen molar-refractivity contribution in [3.05, 3.63) is 0 Å². The molecule has 0 aromatic carbocycles. The Morgan fingerprint density at radius 3 is 2.50 bits per heavy atom. The van der Waals surface area contributed by atoms with Gasteiger partial charge in [0.1, 0.15) is 6.04 Å². The van der Waals surface area contributed by atoms with Gasteiger partial charge in [0, 0.05) is 0 Å². The zero-order chi connectivity index (χ0) is 10.9. The van der Waals surface area contributed by atoms with Gasteiger partial charge in [-0.05, 0) is 26.4 Å². The molecule has 0 saturated carbocycles. The largest absolute Gasteiger partial charge is 0.480 e. The van der Waals surface area contributed by atoms with E-state index < -0.39 is 25.3 Å². The number of likely N-dealkylation sites (N-methyl/N-ethyl adjacent to an activating group) is 1. The first-order chi connectivity index (χ1) is 6.32. The summed E-state index contributed by atoms with van der Waals surface area (Å²) in [5.41, 5.74) is -0.806. The van der Waals surface area contributed by atoms with Crippen molar-refractivity contribution in [2.24, 2.45) is 0 Å². The van der Waals surface area contributed by atoms with Crippen LogP contribution in [0.5, 0.6) is 0 Å². The molecular weight excluding hydrogens is 209 g/mol. The summed E-state index contributed by atoms with van der Waals surface area (Å²) in [6.45, 7) is 0.409. The second kappa shape index (κ2) is 3.98. The first-order valence-corrected chi connectivity index (χ1v) is 5.99. The molecule has 6 nitrogen and oxygen atoms in total. The first kappa shape index (κ1) is 11.7. The third kappa shape index (κ3) is 2.54. The third-order valence-corrected chi connectivity index (χ3v) is 4.02. The number of aliphatic carboxylic acids is 1. The minimum absolute atomic E-state index is 0.0239. The van der Waals surface area contributed by atoms with Crippen molar-refractivity contribution in [3.8, 4) is 0 Å². The van der Waals surface area contributed by atoms with Crippen molar-refractivity contribution in [2.75, 3.05) is 13.6 Å². The van der Waals surface area contributed by atoms with Crippen LogP contribution in [0.15, 0.2) is 0 Å². The Morgan fingerprint density at radius 1 is 1.50 bits per heavy atom. The third-order valence-electron chi connectivity index (χ3n) is 2.60. The number of piperidine rings is 1. The molecule has 0 spiro atoms. The number of nitrogens with zero attached hydrogens (tertiary/aromatic N) is 1. The van der Waals surface area contributed by atoms with Crippen LogP contribution in [0, 0.1) is 0 Å². The van der Waals surface area contributed by atoms with E-state index in [0.717, 1.165) is 0 Å². The molecular formula is C7H14NO5P. The zero-order valence-electron chi connectivity index (χ0n) is 7.83. The van der Waals surface area contributed by atoms with Gasteiger partial charge in [0.2, 0.25) is 0 Å². The number of carbonyl (C=O) groups is 1. The van der Waals surface area contributed by atoms with Crippen LogP contribution in [-0.4, -0.2) is 51.1 Å². The summed E-state index contributed by atoms with van der Waals surface area (Å²) < 4.78 is 10.9. The van der Waals surface area contributed by atoms with Crippen LogP contribution in [-0.2, 0) is 9.36 Å². The predicted octanol–water partition coefficient (Wildman–Crippen LogP) is -0.289. The molecule has 7 heteroatoms. The summed E-state index contributed by atoms with van der Waals surface area (Å²) in [7, 11) is -2.49. The minimum atomic E-state index is -4.13. The number of carboxylic acids is 1. The van der Waals surface area contributed by atoms with Gasteiger partial charge >= 0.3 is 13.6 Å². The molecule has 14 heavy (non-hydrogen) atoms. The van der Waals surface area contributed by atoms with Crippen molar-refractivity contribution in [3.63, 3.8) is 0 Å². The molecule has 0 amide bonds. The van der Waals surface area contributed by atoms with E-state index in [-0.39, 0.29) is 6.42 Å². The van der Waals surface area contributed by atoms with Gasteiger partial charge in [-0.15, -0.1) is 0 Å². The minimum Gasteiger partial charge on any atom is -0.480 e. The van der Waals surface area contributed by atoms with Gasteiger partial charge in [0.15, 0.2) is 0 Å². The molecule has 0 aromatic heterocycles. The van der Waals surface area contributed by atoms with E-state index in [9.17, 15) is 9.36 Å². The SMILES string of the molecule is CN1CC[C@@H](P(=O)(O)O)C[C@@H]1C(=O)O. The van der Waals surface area contributed by atoms with E-state index in [0.29, 0.717) is 13.0 Å². The lowest BCUT2D eigenvalue weighted by Crippen LogP contribution is -2.46. The van der Waals surface area contributed by atoms with Crippen LogP contribution in [0.1, 0.15) is 12.8 Å². The van der Waals surface area contributed by atoms with Crippen molar-refractivity contribution in [1.82, 2.24) is 4.90 Å². The van der Waals surface area contributed by atoms with Gasteiger partial charge in [-0.25, -0.2) is 0 Å². The molecule has 2 atom stereocenters. The smallest absolute Gasteiger partial charge is 0.328 e. The number of hydrogen-bond acceptors (Lipinski definition) is 3. The van der Waals surface area contributed by atoms with Crippen LogP contribution in [0.25, 0.3) is 0 Å². The highest BCUT2D eigenvalue weighted by atomic mass is 31.2. The molecule has 0 unspecified atom stereocenters. The van der Waals surface area contributed by atoms with Crippen molar-refractivity contribution < 1.29 is 24.3 Å². The molecule has 0 radical (unpaired) electrons. The maximum atomic E-state index is 10.9. The Kier molecular flexibility index (Phi) is 3.32. The fourth-order valence-corrected chi connectivity index (χ4v) is 2.58. The molecule has 82 valence electrons. The van der Waals surface area contributed by atoms with Gasteiger partial charge in [-0.1, -0.05) is 0 Å². The molecule has 1 aliphatic rings. The lowest BCUT2D eigenvalue weighted by atomic mass is 10.0. The molecule has 1 aliphatic heterocycles. The van der Waals surface area contributed by atoms with Crippen molar-refractivity contribution in [1.29, 1.82) is 0 Å². The van der Waals surface area contributed by atoms with E-state index in [1.54, 1.807) is 11.9 Å². The topological polar surface area (TPSA) is 98.1 Å². The Labute approximate surface area is 81.7 Å². The van der Waals surface area contributed by atoms with E-state index in [2.05, 4.69) is 0 Å². The Morgan fingerprint density at radius 2 is 2.07 bits per heavy atom. The number of likely N-dealkylation sites (tertiary alicyclic amines) is 1. The second-order valence-electron chi connectivity index (χ2n) is 3.60. The molecule has 1 heterocycles. The van der Waals surface area contributed by atoms with Crippen LogP contribution < -0.4 is 0 Å². The Hall–Kier alpha value is -0.420. The van der Waals surface area contributed by atoms with Crippen molar-refractivity contribution in [2.45, 2.75) is 24.5 Å². The average molecular weight is 223 g/mol. The summed E-state index contributed by atoms with van der Waals surface area (Å²) in [5.74, 6) is -1.02. The monoisotopic (exact) mass is 223 g/mol. The maximum Gasteiger partial charge on any atom is 0.328 e. The van der Waals surface area contributed by atoms with Gasteiger partial charge in [-0.2, -0.15) is 0 Å². The highest BCUT2D eigenvalue weighted by Crippen LogP contribution is 2.47. The van der Waals surface area contributed by atoms with Gasteiger partial charge in [0.25, 0.3) is 0 Å². The summed E-state index contributed by atoms with van der Waals surface area (Å²) >= 11 is 0. The highest BCUT2D eigenvalue weighted by molar-refractivity contribution is 7.52. The van der Waals surface area contributed by atoms with Gasteiger partial charge in [-0.3, -0.25) is 14.3 Å². The van der Waals surface area contributed by atoms with Crippen LogP contribution >= 0.6 is 7.60 Å². The average Bonchev–Trinajstić information content (AvgIpc) is 2.02. The van der Waals surface area contributed by atoms with Crippen LogP contribution in [0.3, 0.4) is 0 Å². The summed E-state index contributed by atoms with van der Waals surface area (Å²) in [4.78, 5) is 30.2.